The van der Waals surface area contributed by atoms with Crippen molar-refractivity contribution in [3.8, 4) is 11.8 Å². The second-order valence-corrected chi connectivity index (χ2v) is 4.39. The van der Waals surface area contributed by atoms with E-state index in [1.54, 1.807) is 4.68 Å². The van der Waals surface area contributed by atoms with E-state index in [1.807, 2.05) is 39.0 Å². The summed E-state index contributed by atoms with van der Waals surface area (Å²) in [6.45, 7) is 6.42. The normalized spacial score (nSPS) is 10.7. The van der Waals surface area contributed by atoms with Crippen molar-refractivity contribution >= 4 is 12.2 Å². The van der Waals surface area contributed by atoms with Gasteiger partial charge in [-0.25, -0.2) is 4.68 Å². The SMILES string of the molecule is CCO/C=N/c1c(C#N)cnn1-c1cc(C)ccc1C. The Hall–Kier alpha value is -2.61. The number of ether oxygens (including phenoxy) is 1. The van der Waals surface area contributed by atoms with Crippen molar-refractivity contribution in [1.29, 1.82) is 5.26 Å². The standard InChI is InChI=1S/C15H16N4O/c1-4-20-10-17-15-13(8-16)9-18-19(15)14-7-11(2)5-6-12(14)3/h5-7,9-10H,4H2,1-3H3/b17-10+. The summed E-state index contributed by atoms with van der Waals surface area (Å²) in [7, 11) is 0. The van der Waals surface area contributed by atoms with Gasteiger partial charge in [-0.15, -0.1) is 0 Å². The Morgan fingerprint density at radius 2 is 2.25 bits per heavy atom. The van der Waals surface area contributed by atoms with E-state index in [1.165, 1.54) is 12.6 Å². The first-order valence-electron chi connectivity index (χ1n) is 6.37. The molecule has 2 aromatic rings. The predicted octanol–water partition coefficient (Wildman–Crippen LogP) is 3.06. The Balaban J connectivity index is 2.54. The Morgan fingerprint density at radius 1 is 1.45 bits per heavy atom. The van der Waals surface area contributed by atoms with Crippen LogP contribution in [0.4, 0.5) is 5.82 Å². The Kier molecular flexibility index (Phi) is 4.16. The summed E-state index contributed by atoms with van der Waals surface area (Å²) in [5, 5.41) is 13.4. The summed E-state index contributed by atoms with van der Waals surface area (Å²) in [6, 6.07) is 8.17. The molecule has 1 heterocycles. The van der Waals surface area contributed by atoms with E-state index in [-0.39, 0.29) is 0 Å². The lowest BCUT2D eigenvalue weighted by molar-refractivity contribution is 0.343. The highest BCUT2D eigenvalue weighted by atomic mass is 16.5. The fourth-order valence-corrected chi connectivity index (χ4v) is 1.83. The van der Waals surface area contributed by atoms with Crippen molar-refractivity contribution in [1.82, 2.24) is 9.78 Å². The smallest absolute Gasteiger partial charge is 0.176 e. The molecule has 0 aliphatic heterocycles. The van der Waals surface area contributed by atoms with Gasteiger partial charge in [0, 0.05) is 0 Å². The van der Waals surface area contributed by atoms with Crippen LogP contribution in [-0.2, 0) is 4.74 Å². The molecule has 0 spiro atoms. The molecule has 0 amide bonds. The highest BCUT2D eigenvalue weighted by Crippen LogP contribution is 2.25. The van der Waals surface area contributed by atoms with Crippen LogP contribution in [0.2, 0.25) is 0 Å². The number of rotatable bonds is 4. The Labute approximate surface area is 118 Å². The summed E-state index contributed by atoms with van der Waals surface area (Å²) >= 11 is 0. The van der Waals surface area contributed by atoms with Crippen molar-refractivity contribution in [2.24, 2.45) is 4.99 Å². The minimum atomic E-state index is 0.418. The highest BCUT2D eigenvalue weighted by molar-refractivity contribution is 5.61. The molecule has 2 rings (SSSR count). The van der Waals surface area contributed by atoms with E-state index in [9.17, 15) is 0 Å². The summed E-state index contributed by atoms with van der Waals surface area (Å²) in [4.78, 5) is 4.20. The first kappa shape index (κ1) is 13.8. The molecule has 0 fully saturated rings. The van der Waals surface area contributed by atoms with Crippen LogP contribution in [0, 0.1) is 25.2 Å². The zero-order chi connectivity index (χ0) is 14.5. The molecule has 5 nitrogen and oxygen atoms in total. The highest BCUT2D eigenvalue weighted by Gasteiger charge is 2.12. The van der Waals surface area contributed by atoms with Gasteiger partial charge in [0.1, 0.15) is 11.6 Å². The molecule has 102 valence electrons. The summed E-state index contributed by atoms with van der Waals surface area (Å²) in [5.41, 5.74) is 3.52. The number of benzene rings is 1. The van der Waals surface area contributed by atoms with Crippen molar-refractivity contribution in [2.75, 3.05) is 6.61 Å². The van der Waals surface area contributed by atoms with Crippen molar-refractivity contribution in [3.05, 3.63) is 41.1 Å². The minimum Gasteiger partial charge on any atom is -0.483 e. The molecule has 0 unspecified atom stereocenters. The first-order chi connectivity index (χ1) is 9.67. The van der Waals surface area contributed by atoms with E-state index >= 15 is 0 Å². The predicted molar refractivity (Wildman–Crippen MR) is 77.5 cm³/mol. The fraction of sp³-hybridized carbons (Fsp3) is 0.267. The molecule has 5 heteroatoms. The first-order valence-corrected chi connectivity index (χ1v) is 6.37. The van der Waals surface area contributed by atoms with Crippen LogP contribution in [0.1, 0.15) is 23.6 Å². The van der Waals surface area contributed by atoms with Gasteiger partial charge in [-0.2, -0.15) is 15.4 Å². The van der Waals surface area contributed by atoms with E-state index in [4.69, 9.17) is 10.00 Å². The van der Waals surface area contributed by atoms with Crippen LogP contribution in [0.15, 0.2) is 29.4 Å². The molecule has 0 saturated heterocycles. The third-order valence-electron chi connectivity index (χ3n) is 2.87. The van der Waals surface area contributed by atoms with Crippen LogP contribution >= 0.6 is 0 Å². The maximum Gasteiger partial charge on any atom is 0.176 e. The number of nitriles is 1. The third-order valence-corrected chi connectivity index (χ3v) is 2.87. The molecule has 0 aliphatic rings. The van der Waals surface area contributed by atoms with E-state index < -0.39 is 0 Å². The number of nitrogens with zero attached hydrogens (tertiary/aromatic N) is 4. The summed E-state index contributed by atoms with van der Waals surface area (Å²) < 4.78 is 6.77. The van der Waals surface area contributed by atoms with Gasteiger partial charge in [0.15, 0.2) is 12.2 Å². The lowest BCUT2D eigenvalue weighted by atomic mass is 10.1. The van der Waals surface area contributed by atoms with Gasteiger partial charge in [-0.3, -0.25) is 0 Å². The maximum atomic E-state index is 9.14. The molecule has 0 saturated carbocycles. The third kappa shape index (κ3) is 2.69. The van der Waals surface area contributed by atoms with Gasteiger partial charge in [-0.05, 0) is 38.0 Å². The van der Waals surface area contributed by atoms with Crippen LogP contribution in [0.25, 0.3) is 5.69 Å². The average Bonchev–Trinajstić information content (AvgIpc) is 2.85. The van der Waals surface area contributed by atoms with Gasteiger partial charge < -0.3 is 4.74 Å². The van der Waals surface area contributed by atoms with Crippen molar-refractivity contribution in [3.63, 3.8) is 0 Å². The number of aromatic nitrogens is 2. The van der Waals surface area contributed by atoms with Gasteiger partial charge >= 0.3 is 0 Å². The Morgan fingerprint density at radius 3 is 2.95 bits per heavy atom. The number of hydrogen-bond acceptors (Lipinski definition) is 4. The van der Waals surface area contributed by atoms with Gasteiger partial charge in [0.25, 0.3) is 0 Å². The number of hydrogen-bond donors (Lipinski definition) is 0. The summed E-state index contributed by atoms with van der Waals surface area (Å²) in [6.07, 6.45) is 2.86. The van der Waals surface area contributed by atoms with Gasteiger partial charge in [0.05, 0.1) is 18.5 Å². The van der Waals surface area contributed by atoms with Crippen LogP contribution in [0.5, 0.6) is 0 Å². The zero-order valence-corrected chi connectivity index (χ0v) is 11.8. The van der Waals surface area contributed by atoms with Crippen LogP contribution in [-0.4, -0.2) is 22.8 Å². The molecule has 0 atom stereocenters. The lowest BCUT2D eigenvalue weighted by Crippen LogP contribution is -1.99. The van der Waals surface area contributed by atoms with E-state index in [0.29, 0.717) is 18.0 Å². The molecule has 0 N–H and O–H groups in total. The van der Waals surface area contributed by atoms with Crippen molar-refractivity contribution in [2.45, 2.75) is 20.8 Å². The topological polar surface area (TPSA) is 63.2 Å². The zero-order valence-electron chi connectivity index (χ0n) is 11.8. The molecule has 20 heavy (non-hydrogen) atoms. The largest absolute Gasteiger partial charge is 0.483 e. The number of aliphatic imine (C=N–C) groups is 1. The van der Waals surface area contributed by atoms with Gasteiger partial charge in [0.2, 0.25) is 0 Å². The van der Waals surface area contributed by atoms with Gasteiger partial charge in [-0.1, -0.05) is 12.1 Å². The Bertz CT molecular complexity index is 680. The average molecular weight is 268 g/mol. The lowest BCUT2D eigenvalue weighted by Gasteiger charge is -2.09. The second-order valence-electron chi connectivity index (χ2n) is 4.39. The summed E-state index contributed by atoms with van der Waals surface area (Å²) in [5.74, 6) is 0.481. The minimum absolute atomic E-state index is 0.418. The number of aryl methyl sites for hydroxylation is 2. The molecular formula is C15H16N4O. The molecule has 1 aromatic heterocycles. The fourth-order valence-electron chi connectivity index (χ4n) is 1.83. The monoisotopic (exact) mass is 268 g/mol. The molecule has 0 bridgehead atoms. The molecule has 0 aliphatic carbocycles. The van der Waals surface area contributed by atoms with Crippen LogP contribution < -0.4 is 0 Å². The maximum absolute atomic E-state index is 9.14. The second kappa shape index (κ2) is 6.02. The van der Waals surface area contributed by atoms with E-state index in [2.05, 4.69) is 16.2 Å². The molecule has 0 radical (unpaired) electrons. The molecular weight excluding hydrogens is 252 g/mol. The molecule has 1 aromatic carbocycles. The van der Waals surface area contributed by atoms with Crippen molar-refractivity contribution < 1.29 is 4.74 Å². The van der Waals surface area contributed by atoms with Crippen LogP contribution in [0.3, 0.4) is 0 Å². The van der Waals surface area contributed by atoms with E-state index in [0.717, 1.165) is 16.8 Å². The quantitative estimate of drug-likeness (QED) is 0.632.